The smallest absolute Gasteiger partial charge is 0.278 e. The summed E-state index contributed by atoms with van der Waals surface area (Å²) in [5, 5.41) is 5.69. The first-order valence-electron chi connectivity index (χ1n) is 9.28. The normalized spacial score (nSPS) is 11.2. The van der Waals surface area contributed by atoms with E-state index in [0.29, 0.717) is 28.9 Å². The maximum absolute atomic E-state index is 13.4. The van der Waals surface area contributed by atoms with Crippen molar-refractivity contribution in [2.24, 2.45) is 0 Å². The number of benzene rings is 1. The molecule has 0 radical (unpaired) electrons. The molecule has 0 N–H and O–H groups in total. The average Bonchev–Trinajstić information content (AvgIpc) is 3.34. The Morgan fingerprint density at radius 2 is 2.10 bits per heavy atom. The molecule has 0 atom stereocenters. The van der Waals surface area contributed by atoms with Gasteiger partial charge in [-0.2, -0.15) is 5.10 Å². The van der Waals surface area contributed by atoms with Crippen molar-refractivity contribution in [3.05, 3.63) is 70.3 Å². The molecule has 0 unspecified atom stereocenters. The van der Waals surface area contributed by atoms with Gasteiger partial charge >= 0.3 is 0 Å². The van der Waals surface area contributed by atoms with Crippen LogP contribution in [-0.4, -0.2) is 25.7 Å². The zero-order valence-corrected chi connectivity index (χ0v) is 18.0. The van der Waals surface area contributed by atoms with E-state index in [9.17, 15) is 4.79 Å². The van der Waals surface area contributed by atoms with Gasteiger partial charge in [0.1, 0.15) is 0 Å². The number of thiazole rings is 1. The van der Waals surface area contributed by atoms with E-state index in [2.05, 4.69) is 10.1 Å². The second-order valence-electron chi connectivity index (χ2n) is 6.78. The van der Waals surface area contributed by atoms with Crippen LogP contribution in [-0.2, 0) is 13.1 Å². The lowest BCUT2D eigenvalue weighted by Crippen LogP contribution is -2.30. The minimum Gasteiger partial charge on any atom is -0.278 e. The first-order valence-corrected chi connectivity index (χ1v) is 10.5. The number of fused-ring (bicyclic) bond motifs is 1. The molecule has 1 aromatic carbocycles. The molecule has 0 aliphatic carbocycles. The molecule has 6 nitrogen and oxygen atoms in total. The van der Waals surface area contributed by atoms with Crippen molar-refractivity contribution in [3.8, 4) is 0 Å². The van der Waals surface area contributed by atoms with Crippen LogP contribution in [0.4, 0.5) is 5.13 Å². The highest BCUT2D eigenvalue weighted by molar-refractivity contribution is 7.23. The number of pyridine rings is 1. The summed E-state index contributed by atoms with van der Waals surface area (Å²) >= 11 is 7.80. The number of halogens is 1. The van der Waals surface area contributed by atoms with E-state index in [0.717, 1.165) is 27.0 Å². The van der Waals surface area contributed by atoms with Crippen LogP contribution in [0.5, 0.6) is 0 Å². The van der Waals surface area contributed by atoms with Crippen molar-refractivity contribution in [2.45, 2.75) is 33.9 Å². The van der Waals surface area contributed by atoms with Crippen LogP contribution in [0, 0.1) is 13.8 Å². The summed E-state index contributed by atoms with van der Waals surface area (Å²) in [6.07, 6.45) is 3.46. The average molecular weight is 426 g/mol. The summed E-state index contributed by atoms with van der Waals surface area (Å²) in [4.78, 5) is 24.0. The molecule has 0 bridgehead atoms. The number of nitrogens with zero attached hydrogens (tertiary/aromatic N) is 5. The second kappa shape index (κ2) is 7.93. The van der Waals surface area contributed by atoms with E-state index in [1.54, 1.807) is 17.3 Å². The van der Waals surface area contributed by atoms with Gasteiger partial charge in [-0.1, -0.05) is 35.1 Å². The quantitative estimate of drug-likeness (QED) is 0.450. The minimum atomic E-state index is -0.197. The van der Waals surface area contributed by atoms with Crippen molar-refractivity contribution in [2.75, 3.05) is 4.90 Å². The molecule has 0 saturated carbocycles. The van der Waals surface area contributed by atoms with Crippen LogP contribution in [0.25, 0.3) is 10.2 Å². The van der Waals surface area contributed by atoms with Gasteiger partial charge in [0.2, 0.25) is 0 Å². The Morgan fingerprint density at radius 1 is 1.28 bits per heavy atom. The number of anilines is 1. The maximum atomic E-state index is 13.4. The van der Waals surface area contributed by atoms with Crippen LogP contribution in [0.1, 0.15) is 34.2 Å². The van der Waals surface area contributed by atoms with Gasteiger partial charge < -0.3 is 0 Å². The topological polar surface area (TPSA) is 63.9 Å². The van der Waals surface area contributed by atoms with Gasteiger partial charge in [-0.25, -0.2) is 4.98 Å². The Kier molecular flexibility index (Phi) is 5.34. The van der Waals surface area contributed by atoms with Crippen molar-refractivity contribution in [1.29, 1.82) is 0 Å². The molecule has 3 heterocycles. The largest absolute Gasteiger partial charge is 0.280 e. The summed E-state index contributed by atoms with van der Waals surface area (Å²) in [7, 11) is 0. The monoisotopic (exact) mass is 425 g/mol. The lowest BCUT2D eigenvalue weighted by atomic mass is 10.2. The van der Waals surface area contributed by atoms with E-state index in [-0.39, 0.29) is 5.91 Å². The number of aryl methyl sites for hydroxylation is 3. The molecule has 4 rings (SSSR count). The highest BCUT2D eigenvalue weighted by atomic mass is 35.5. The first kappa shape index (κ1) is 19.5. The molecule has 4 aromatic rings. The van der Waals surface area contributed by atoms with Gasteiger partial charge in [0.15, 0.2) is 10.8 Å². The van der Waals surface area contributed by atoms with E-state index in [4.69, 9.17) is 16.6 Å². The fraction of sp³-hybridized carbons (Fsp3) is 0.238. The van der Waals surface area contributed by atoms with E-state index >= 15 is 0 Å². The fourth-order valence-electron chi connectivity index (χ4n) is 3.18. The highest BCUT2D eigenvalue weighted by Gasteiger charge is 2.25. The van der Waals surface area contributed by atoms with Crippen LogP contribution < -0.4 is 4.90 Å². The SMILES string of the molecule is CCn1nc(C(=O)N(Cc2cccnc2)c2nc3c(C)ccc(Cl)c3s2)cc1C. The molecule has 3 aromatic heterocycles. The van der Waals surface area contributed by atoms with Gasteiger partial charge in [-0.15, -0.1) is 0 Å². The van der Waals surface area contributed by atoms with Crippen LogP contribution in [0.15, 0.2) is 42.7 Å². The molecular formula is C21H20ClN5OS. The number of amides is 1. The van der Waals surface area contributed by atoms with Gasteiger partial charge in [0, 0.05) is 24.6 Å². The van der Waals surface area contributed by atoms with Crippen molar-refractivity contribution in [1.82, 2.24) is 19.7 Å². The number of carbonyl (C=O) groups is 1. The molecule has 1 amide bonds. The number of rotatable bonds is 5. The van der Waals surface area contributed by atoms with Gasteiger partial charge in [-0.3, -0.25) is 19.4 Å². The summed E-state index contributed by atoms with van der Waals surface area (Å²) < 4.78 is 2.69. The van der Waals surface area contributed by atoms with Crippen molar-refractivity contribution in [3.63, 3.8) is 0 Å². The summed E-state index contributed by atoms with van der Waals surface area (Å²) in [6, 6.07) is 9.41. The van der Waals surface area contributed by atoms with Crippen LogP contribution >= 0.6 is 22.9 Å². The predicted octanol–water partition coefficient (Wildman–Crippen LogP) is 5.02. The number of hydrogen-bond acceptors (Lipinski definition) is 5. The highest BCUT2D eigenvalue weighted by Crippen LogP contribution is 2.36. The van der Waals surface area contributed by atoms with Gasteiger partial charge in [0.05, 0.1) is 21.8 Å². The second-order valence-corrected chi connectivity index (χ2v) is 8.16. The standard InChI is InChI=1S/C21H20ClN5OS/c1-4-27-14(3)10-17(25-27)20(28)26(12-15-6-5-9-23-11-15)21-24-18-13(2)7-8-16(22)19(18)29-21/h5-11H,4,12H2,1-3H3. The molecular weight excluding hydrogens is 406 g/mol. The Hall–Kier alpha value is -2.77. The Morgan fingerprint density at radius 3 is 2.76 bits per heavy atom. The minimum absolute atomic E-state index is 0.197. The molecule has 0 aliphatic rings. The van der Waals surface area contributed by atoms with Crippen molar-refractivity contribution >= 4 is 44.2 Å². The molecule has 0 spiro atoms. The lowest BCUT2D eigenvalue weighted by molar-refractivity contribution is 0.0979. The third-order valence-corrected chi connectivity index (χ3v) is 6.26. The zero-order valence-electron chi connectivity index (χ0n) is 16.4. The third kappa shape index (κ3) is 3.75. The summed E-state index contributed by atoms with van der Waals surface area (Å²) in [6.45, 7) is 6.99. The number of aromatic nitrogens is 4. The van der Waals surface area contributed by atoms with Crippen LogP contribution in [0.3, 0.4) is 0 Å². The molecule has 0 fully saturated rings. The summed E-state index contributed by atoms with van der Waals surface area (Å²) in [5.74, 6) is -0.197. The first-order chi connectivity index (χ1) is 14.0. The van der Waals surface area contributed by atoms with Gasteiger partial charge in [0.25, 0.3) is 5.91 Å². The molecule has 8 heteroatoms. The Balaban J connectivity index is 1.81. The van der Waals surface area contributed by atoms with Crippen molar-refractivity contribution < 1.29 is 4.79 Å². The van der Waals surface area contributed by atoms with E-state index in [1.807, 2.05) is 55.8 Å². The molecule has 0 aliphatic heterocycles. The predicted molar refractivity (Wildman–Crippen MR) is 117 cm³/mol. The molecule has 0 saturated heterocycles. The molecule has 148 valence electrons. The number of carbonyl (C=O) groups excluding carboxylic acids is 1. The van der Waals surface area contributed by atoms with E-state index in [1.165, 1.54) is 11.3 Å². The molecule has 29 heavy (non-hydrogen) atoms. The zero-order chi connectivity index (χ0) is 20.5. The fourth-order valence-corrected chi connectivity index (χ4v) is 4.49. The Labute approximate surface area is 177 Å². The number of hydrogen-bond donors (Lipinski definition) is 0. The lowest BCUT2D eigenvalue weighted by Gasteiger charge is -2.18. The maximum Gasteiger partial charge on any atom is 0.280 e. The Bertz CT molecular complexity index is 1150. The summed E-state index contributed by atoms with van der Waals surface area (Å²) in [5.41, 5.74) is 4.09. The third-order valence-electron chi connectivity index (χ3n) is 4.73. The van der Waals surface area contributed by atoms with Crippen LogP contribution in [0.2, 0.25) is 5.02 Å². The van der Waals surface area contributed by atoms with Gasteiger partial charge in [-0.05, 0) is 50.1 Å². The van der Waals surface area contributed by atoms with E-state index < -0.39 is 0 Å².